The summed E-state index contributed by atoms with van der Waals surface area (Å²) in [5.41, 5.74) is 0.886. The third-order valence-electron chi connectivity index (χ3n) is 5.46. The van der Waals surface area contributed by atoms with Crippen molar-refractivity contribution in [3.8, 4) is 0 Å². The summed E-state index contributed by atoms with van der Waals surface area (Å²) < 4.78 is 27.0. The number of carbonyl (C=O) groups excluding carboxylic acids is 2. The lowest BCUT2D eigenvalue weighted by Gasteiger charge is -2.33. The molecule has 0 unspecified atom stereocenters. The second-order valence-corrected chi connectivity index (χ2v) is 9.44. The number of sulfonamides is 1. The number of nitrogens with zero attached hydrogens (tertiary/aromatic N) is 1. The first-order valence-corrected chi connectivity index (χ1v) is 11.2. The van der Waals surface area contributed by atoms with Crippen LogP contribution in [0.1, 0.15) is 37.7 Å². The quantitative estimate of drug-likeness (QED) is 0.613. The van der Waals surface area contributed by atoms with Crippen LogP contribution in [0.2, 0.25) is 0 Å². The first-order valence-electron chi connectivity index (χ1n) is 9.79. The molecule has 1 heterocycles. The number of carboxylic acids is 1. The van der Waals surface area contributed by atoms with E-state index in [9.17, 15) is 27.9 Å². The van der Waals surface area contributed by atoms with Gasteiger partial charge in [-0.1, -0.05) is 30.5 Å². The van der Waals surface area contributed by atoms with Crippen LogP contribution in [-0.4, -0.2) is 47.7 Å². The summed E-state index contributed by atoms with van der Waals surface area (Å²) in [6, 6.07) is 4.39. The smallest absolute Gasteiger partial charge is 0.308 e. The van der Waals surface area contributed by atoms with Crippen LogP contribution in [0.4, 0.5) is 0 Å². The zero-order valence-corrected chi connectivity index (χ0v) is 17.4. The number of aryl methyl sites for hydroxylation is 1. The van der Waals surface area contributed by atoms with Gasteiger partial charge in [0.05, 0.1) is 17.2 Å². The standard InChI is InChI=1S/C20H25N3O6S/c1-13-6-8-14(9-7-13)30(28,29)23-11-10-21-19(25)17(23)12-18(24)22-16-5-3-2-4-15(16)20(26)27/h6-11,15-17H,2-5,12H2,1H3,(H,21,25)(H,22,24)(H,26,27)/t15-,16-,17+/m0/s1. The van der Waals surface area contributed by atoms with Crippen molar-refractivity contribution in [3.63, 3.8) is 0 Å². The fourth-order valence-corrected chi connectivity index (χ4v) is 5.26. The Kier molecular flexibility index (Phi) is 6.45. The molecule has 30 heavy (non-hydrogen) atoms. The molecule has 162 valence electrons. The van der Waals surface area contributed by atoms with Crippen molar-refractivity contribution in [1.82, 2.24) is 14.9 Å². The molecule has 1 saturated carbocycles. The number of benzene rings is 1. The minimum absolute atomic E-state index is 0.0103. The predicted octanol–water partition coefficient (Wildman–Crippen LogP) is 1.11. The lowest BCUT2D eigenvalue weighted by atomic mass is 9.84. The van der Waals surface area contributed by atoms with Crippen molar-refractivity contribution in [2.45, 2.75) is 56.0 Å². The van der Waals surface area contributed by atoms with E-state index in [4.69, 9.17) is 0 Å². The van der Waals surface area contributed by atoms with Gasteiger partial charge in [-0.3, -0.25) is 18.7 Å². The normalized spacial score (nSPS) is 24.2. The van der Waals surface area contributed by atoms with Crippen molar-refractivity contribution >= 4 is 27.8 Å². The molecular formula is C20H25N3O6S. The Hall–Kier alpha value is -2.88. The molecule has 0 bridgehead atoms. The Morgan fingerprint density at radius 1 is 1.20 bits per heavy atom. The molecular weight excluding hydrogens is 410 g/mol. The van der Waals surface area contributed by atoms with E-state index < -0.39 is 52.2 Å². The molecule has 3 atom stereocenters. The van der Waals surface area contributed by atoms with Crippen LogP contribution < -0.4 is 10.6 Å². The third kappa shape index (κ3) is 4.64. The highest BCUT2D eigenvalue weighted by Gasteiger charge is 2.38. The molecule has 1 aromatic carbocycles. The van der Waals surface area contributed by atoms with Gasteiger partial charge in [-0.05, 0) is 31.9 Å². The number of hydrogen-bond acceptors (Lipinski definition) is 5. The molecule has 1 aromatic rings. The van der Waals surface area contributed by atoms with Crippen LogP contribution in [0.25, 0.3) is 0 Å². The SMILES string of the molecule is Cc1ccc(S(=O)(=O)N2C=CNC(=O)[C@H]2CC(=O)N[C@H]2CCCC[C@@H]2C(=O)O)cc1. The Bertz CT molecular complexity index is 957. The summed E-state index contributed by atoms with van der Waals surface area (Å²) in [7, 11) is -4.05. The maximum absolute atomic E-state index is 13.1. The van der Waals surface area contributed by atoms with E-state index in [-0.39, 0.29) is 4.90 Å². The fraction of sp³-hybridized carbons (Fsp3) is 0.450. The first kappa shape index (κ1) is 21.8. The number of carboxylic acid groups (broad SMARTS) is 1. The van der Waals surface area contributed by atoms with E-state index in [0.29, 0.717) is 12.8 Å². The van der Waals surface area contributed by atoms with Crippen LogP contribution in [0.5, 0.6) is 0 Å². The first-order chi connectivity index (χ1) is 14.2. The van der Waals surface area contributed by atoms with E-state index >= 15 is 0 Å². The predicted molar refractivity (Wildman–Crippen MR) is 107 cm³/mol. The highest BCUT2D eigenvalue weighted by molar-refractivity contribution is 7.89. The van der Waals surface area contributed by atoms with Crippen molar-refractivity contribution in [3.05, 3.63) is 42.2 Å². The molecule has 9 nitrogen and oxygen atoms in total. The Morgan fingerprint density at radius 2 is 1.87 bits per heavy atom. The second kappa shape index (κ2) is 8.86. The molecule has 0 spiro atoms. The number of amides is 2. The van der Waals surface area contributed by atoms with E-state index in [1.54, 1.807) is 12.1 Å². The molecule has 0 radical (unpaired) electrons. The fourth-order valence-electron chi connectivity index (χ4n) is 3.81. The highest BCUT2D eigenvalue weighted by Crippen LogP contribution is 2.26. The van der Waals surface area contributed by atoms with Gasteiger partial charge < -0.3 is 15.7 Å². The van der Waals surface area contributed by atoms with Crippen molar-refractivity contribution in [2.24, 2.45) is 5.92 Å². The van der Waals surface area contributed by atoms with Gasteiger partial charge in [0.2, 0.25) is 11.8 Å². The van der Waals surface area contributed by atoms with E-state index in [0.717, 1.165) is 22.7 Å². The van der Waals surface area contributed by atoms with Crippen LogP contribution in [0.3, 0.4) is 0 Å². The Morgan fingerprint density at radius 3 is 2.53 bits per heavy atom. The average Bonchev–Trinajstić information content (AvgIpc) is 2.70. The molecule has 0 saturated heterocycles. The van der Waals surface area contributed by atoms with Gasteiger partial charge >= 0.3 is 5.97 Å². The third-order valence-corrected chi connectivity index (χ3v) is 7.26. The zero-order valence-electron chi connectivity index (χ0n) is 16.6. The maximum Gasteiger partial charge on any atom is 0.308 e. The summed E-state index contributed by atoms with van der Waals surface area (Å²) >= 11 is 0. The van der Waals surface area contributed by atoms with Crippen molar-refractivity contribution < 1.29 is 27.9 Å². The lowest BCUT2D eigenvalue weighted by molar-refractivity contribution is -0.144. The minimum atomic E-state index is -4.05. The monoisotopic (exact) mass is 435 g/mol. The summed E-state index contributed by atoms with van der Waals surface area (Å²) in [6.07, 6.45) is 4.60. The number of rotatable bonds is 6. The van der Waals surface area contributed by atoms with Crippen LogP contribution >= 0.6 is 0 Å². The number of carbonyl (C=O) groups is 3. The molecule has 1 aliphatic heterocycles. The topological polar surface area (TPSA) is 133 Å². The highest BCUT2D eigenvalue weighted by atomic mass is 32.2. The minimum Gasteiger partial charge on any atom is -0.481 e. The maximum atomic E-state index is 13.1. The van der Waals surface area contributed by atoms with Crippen LogP contribution in [0.15, 0.2) is 41.6 Å². The summed E-state index contributed by atoms with van der Waals surface area (Å²) in [6.45, 7) is 1.83. The number of aliphatic carboxylic acids is 1. The van der Waals surface area contributed by atoms with Gasteiger partial charge in [-0.2, -0.15) is 0 Å². The average molecular weight is 436 g/mol. The van der Waals surface area contributed by atoms with Crippen LogP contribution in [0, 0.1) is 12.8 Å². The number of hydrogen-bond donors (Lipinski definition) is 3. The Balaban J connectivity index is 1.78. The second-order valence-electron chi connectivity index (χ2n) is 7.60. The van der Waals surface area contributed by atoms with Gasteiger partial charge in [0.25, 0.3) is 10.0 Å². The summed E-state index contributed by atoms with van der Waals surface area (Å²) in [5, 5.41) is 14.5. The van der Waals surface area contributed by atoms with Crippen molar-refractivity contribution in [2.75, 3.05) is 0 Å². The molecule has 0 aromatic heterocycles. The van der Waals surface area contributed by atoms with Crippen molar-refractivity contribution in [1.29, 1.82) is 0 Å². The largest absolute Gasteiger partial charge is 0.481 e. The van der Waals surface area contributed by atoms with Crippen LogP contribution in [-0.2, 0) is 24.4 Å². The molecule has 1 fully saturated rings. The summed E-state index contributed by atoms with van der Waals surface area (Å²) in [4.78, 5) is 36.5. The summed E-state index contributed by atoms with van der Waals surface area (Å²) in [5.74, 6) is -2.84. The number of nitrogens with one attached hydrogen (secondary N) is 2. The van der Waals surface area contributed by atoms with E-state index in [1.807, 2.05) is 6.92 Å². The van der Waals surface area contributed by atoms with Gasteiger partial charge in [0.1, 0.15) is 6.04 Å². The molecule has 3 rings (SSSR count). The van der Waals surface area contributed by atoms with Gasteiger partial charge in [0, 0.05) is 18.4 Å². The van der Waals surface area contributed by atoms with E-state index in [2.05, 4.69) is 10.6 Å². The van der Waals surface area contributed by atoms with Gasteiger partial charge in [-0.15, -0.1) is 0 Å². The molecule has 1 aliphatic carbocycles. The van der Waals surface area contributed by atoms with Gasteiger partial charge in [0.15, 0.2) is 0 Å². The lowest BCUT2D eigenvalue weighted by Crippen LogP contribution is -2.52. The molecule has 2 aliphatic rings. The zero-order chi connectivity index (χ0) is 21.9. The molecule has 10 heteroatoms. The Labute approximate surface area is 175 Å². The molecule has 2 amide bonds. The molecule has 3 N–H and O–H groups in total. The van der Waals surface area contributed by atoms with Gasteiger partial charge in [-0.25, -0.2) is 8.42 Å². The van der Waals surface area contributed by atoms with E-state index in [1.165, 1.54) is 24.5 Å².